The standard InChI is InChI=1S/C11H19F3N2O3/c1-4-6-7-16(5-2)9(19)15-10(3,8(17)18)11(12,13)14/h4-7H2,1-3H3,(H,15,19)(H,17,18). The normalized spacial score (nSPS) is 14.6. The minimum Gasteiger partial charge on any atom is -0.479 e. The van der Waals surface area contributed by atoms with Crippen LogP contribution in [-0.4, -0.2) is 46.8 Å². The van der Waals surface area contributed by atoms with E-state index in [1.807, 2.05) is 6.92 Å². The largest absolute Gasteiger partial charge is 0.479 e. The van der Waals surface area contributed by atoms with E-state index >= 15 is 0 Å². The van der Waals surface area contributed by atoms with Crippen LogP contribution in [0.2, 0.25) is 0 Å². The number of aliphatic carboxylic acids is 1. The van der Waals surface area contributed by atoms with Gasteiger partial charge in [-0.2, -0.15) is 13.2 Å². The first-order valence-corrected chi connectivity index (χ1v) is 5.97. The molecule has 8 heteroatoms. The molecule has 19 heavy (non-hydrogen) atoms. The van der Waals surface area contributed by atoms with Gasteiger partial charge in [-0.3, -0.25) is 0 Å². The Bertz CT molecular complexity index is 334. The van der Waals surface area contributed by atoms with Gasteiger partial charge in [0.15, 0.2) is 0 Å². The van der Waals surface area contributed by atoms with Gasteiger partial charge in [0.05, 0.1) is 0 Å². The lowest BCUT2D eigenvalue weighted by molar-refractivity contribution is -0.203. The molecule has 0 radical (unpaired) electrons. The lowest BCUT2D eigenvalue weighted by Crippen LogP contribution is -2.64. The molecule has 2 amide bonds. The second kappa shape index (κ2) is 6.63. The number of carbonyl (C=O) groups excluding carboxylic acids is 1. The summed E-state index contributed by atoms with van der Waals surface area (Å²) < 4.78 is 38.2. The van der Waals surface area contributed by atoms with Crippen molar-refractivity contribution in [2.45, 2.75) is 45.3 Å². The van der Waals surface area contributed by atoms with Crippen molar-refractivity contribution in [3.63, 3.8) is 0 Å². The molecule has 0 aliphatic carbocycles. The van der Waals surface area contributed by atoms with E-state index in [4.69, 9.17) is 5.11 Å². The molecule has 0 spiro atoms. The first-order chi connectivity index (χ1) is 8.60. The number of nitrogens with one attached hydrogen (secondary N) is 1. The molecule has 0 fully saturated rings. The van der Waals surface area contributed by atoms with Gasteiger partial charge < -0.3 is 15.3 Å². The van der Waals surface area contributed by atoms with Gasteiger partial charge in [0.25, 0.3) is 0 Å². The van der Waals surface area contributed by atoms with Gasteiger partial charge in [0.2, 0.25) is 5.54 Å². The van der Waals surface area contributed by atoms with Crippen LogP contribution in [0.15, 0.2) is 0 Å². The molecule has 0 saturated carbocycles. The number of carboxylic acids is 1. The van der Waals surface area contributed by atoms with E-state index in [1.54, 1.807) is 12.2 Å². The smallest absolute Gasteiger partial charge is 0.422 e. The molecule has 0 aromatic rings. The van der Waals surface area contributed by atoms with Crippen LogP contribution in [0.5, 0.6) is 0 Å². The summed E-state index contributed by atoms with van der Waals surface area (Å²) in [5, 5.41) is 10.2. The van der Waals surface area contributed by atoms with Crippen molar-refractivity contribution in [2.75, 3.05) is 13.1 Å². The molecule has 2 N–H and O–H groups in total. The number of rotatable bonds is 6. The summed E-state index contributed by atoms with van der Waals surface area (Å²) in [6.07, 6.45) is -3.66. The van der Waals surface area contributed by atoms with Crippen molar-refractivity contribution >= 4 is 12.0 Å². The molecule has 0 aliphatic rings. The highest BCUT2D eigenvalue weighted by atomic mass is 19.4. The van der Waals surface area contributed by atoms with Crippen LogP contribution in [0.1, 0.15) is 33.6 Å². The zero-order valence-electron chi connectivity index (χ0n) is 11.2. The summed E-state index contributed by atoms with van der Waals surface area (Å²) in [5.74, 6) is -2.14. The molecule has 0 aromatic carbocycles. The average Bonchev–Trinajstić information content (AvgIpc) is 2.28. The van der Waals surface area contributed by atoms with E-state index in [2.05, 4.69) is 0 Å². The van der Waals surface area contributed by atoms with Crippen LogP contribution in [0, 0.1) is 0 Å². The maximum absolute atomic E-state index is 12.7. The maximum Gasteiger partial charge on any atom is 0.422 e. The minimum atomic E-state index is -5.07. The molecule has 5 nitrogen and oxygen atoms in total. The topological polar surface area (TPSA) is 69.6 Å². The SMILES string of the molecule is CCCCN(CC)C(=O)NC(C)(C(=O)O)C(F)(F)F. The molecule has 1 unspecified atom stereocenters. The number of amides is 2. The number of hydrogen-bond donors (Lipinski definition) is 2. The van der Waals surface area contributed by atoms with Gasteiger partial charge in [-0.15, -0.1) is 0 Å². The second-order valence-corrected chi connectivity index (χ2v) is 4.29. The van der Waals surface area contributed by atoms with Crippen LogP contribution in [0.3, 0.4) is 0 Å². The van der Waals surface area contributed by atoms with Gasteiger partial charge in [0.1, 0.15) is 0 Å². The van der Waals surface area contributed by atoms with Gasteiger partial charge in [-0.1, -0.05) is 13.3 Å². The Labute approximate surface area is 109 Å². The number of urea groups is 1. The quantitative estimate of drug-likeness (QED) is 0.785. The summed E-state index contributed by atoms with van der Waals surface area (Å²) >= 11 is 0. The first-order valence-electron chi connectivity index (χ1n) is 5.97. The fraction of sp³-hybridized carbons (Fsp3) is 0.818. The van der Waals surface area contributed by atoms with Crippen molar-refractivity contribution < 1.29 is 27.9 Å². The number of nitrogens with zero attached hydrogens (tertiary/aromatic N) is 1. The summed E-state index contributed by atoms with van der Waals surface area (Å²) in [7, 11) is 0. The van der Waals surface area contributed by atoms with Gasteiger partial charge in [0, 0.05) is 13.1 Å². The van der Waals surface area contributed by atoms with Crippen LogP contribution in [-0.2, 0) is 4.79 Å². The van der Waals surface area contributed by atoms with E-state index < -0.39 is 23.7 Å². The monoisotopic (exact) mass is 284 g/mol. The number of hydrogen-bond acceptors (Lipinski definition) is 2. The molecule has 0 rings (SSSR count). The molecular formula is C11H19F3N2O3. The number of carboxylic acid groups (broad SMARTS) is 1. The molecule has 112 valence electrons. The predicted molar refractivity (Wildman–Crippen MR) is 62.8 cm³/mol. The Morgan fingerprint density at radius 1 is 1.26 bits per heavy atom. The molecular weight excluding hydrogens is 265 g/mol. The number of unbranched alkanes of at least 4 members (excludes halogenated alkanes) is 1. The Kier molecular flexibility index (Phi) is 6.11. The Balaban J connectivity index is 4.96. The second-order valence-electron chi connectivity index (χ2n) is 4.29. The number of halogens is 3. The zero-order valence-corrected chi connectivity index (χ0v) is 11.2. The van der Waals surface area contributed by atoms with Crippen molar-refractivity contribution in [2.24, 2.45) is 0 Å². The van der Waals surface area contributed by atoms with Crippen LogP contribution >= 0.6 is 0 Å². The van der Waals surface area contributed by atoms with E-state index in [-0.39, 0.29) is 13.1 Å². The van der Waals surface area contributed by atoms with Crippen molar-refractivity contribution in [3.05, 3.63) is 0 Å². The van der Waals surface area contributed by atoms with E-state index in [0.717, 1.165) is 11.3 Å². The summed E-state index contributed by atoms with van der Waals surface area (Å²) in [4.78, 5) is 23.6. The van der Waals surface area contributed by atoms with Crippen molar-refractivity contribution in [1.82, 2.24) is 10.2 Å². The minimum absolute atomic E-state index is 0.208. The van der Waals surface area contributed by atoms with Crippen LogP contribution < -0.4 is 5.32 Å². The molecule has 0 saturated heterocycles. The van der Waals surface area contributed by atoms with Gasteiger partial charge in [-0.05, 0) is 20.3 Å². The predicted octanol–water partition coefficient (Wildman–Crippen LogP) is 2.22. The van der Waals surface area contributed by atoms with Crippen molar-refractivity contribution in [1.29, 1.82) is 0 Å². The highest BCUT2D eigenvalue weighted by Crippen LogP contribution is 2.30. The highest BCUT2D eigenvalue weighted by molar-refractivity contribution is 5.86. The Hall–Kier alpha value is -1.47. The number of carbonyl (C=O) groups is 2. The third-order valence-corrected chi connectivity index (χ3v) is 2.80. The van der Waals surface area contributed by atoms with Crippen LogP contribution in [0.4, 0.5) is 18.0 Å². The summed E-state index contributed by atoms with van der Waals surface area (Å²) in [5.41, 5.74) is -3.29. The third kappa shape index (κ3) is 4.29. The molecule has 0 heterocycles. The lowest BCUT2D eigenvalue weighted by atomic mass is 10.0. The molecule has 0 bridgehead atoms. The maximum atomic E-state index is 12.7. The fourth-order valence-electron chi connectivity index (χ4n) is 1.29. The number of alkyl halides is 3. The Morgan fingerprint density at radius 2 is 1.79 bits per heavy atom. The van der Waals surface area contributed by atoms with Crippen LogP contribution in [0.25, 0.3) is 0 Å². The Morgan fingerprint density at radius 3 is 2.11 bits per heavy atom. The van der Waals surface area contributed by atoms with E-state index in [9.17, 15) is 22.8 Å². The van der Waals surface area contributed by atoms with Gasteiger partial charge in [-0.25, -0.2) is 9.59 Å². The molecule has 0 aliphatic heterocycles. The lowest BCUT2D eigenvalue weighted by Gasteiger charge is -2.31. The summed E-state index contributed by atoms with van der Waals surface area (Å²) in [6, 6.07) is -1.03. The fourth-order valence-corrected chi connectivity index (χ4v) is 1.29. The molecule has 0 aromatic heterocycles. The van der Waals surface area contributed by atoms with E-state index in [0.29, 0.717) is 13.3 Å². The molecule has 1 atom stereocenters. The first kappa shape index (κ1) is 17.5. The highest BCUT2D eigenvalue weighted by Gasteiger charge is 2.58. The van der Waals surface area contributed by atoms with E-state index in [1.165, 1.54) is 0 Å². The summed E-state index contributed by atoms with van der Waals surface area (Å²) in [6.45, 7) is 4.41. The van der Waals surface area contributed by atoms with Gasteiger partial charge >= 0.3 is 18.2 Å². The third-order valence-electron chi connectivity index (χ3n) is 2.80. The zero-order chi connectivity index (χ0) is 15.3. The van der Waals surface area contributed by atoms with Crippen molar-refractivity contribution in [3.8, 4) is 0 Å². The average molecular weight is 284 g/mol.